The fourth-order valence-corrected chi connectivity index (χ4v) is 6.19. The van der Waals surface area contributed by atoms with Crippen LogP contribution in [0.2, 0.25) is 0 Å². The predicted molar refractivity (Wildman–Crippen MR) is 129 cm³/mol. The van der Waals surface area contributed by atoms with Gasteiger partial charge in [0.1, 0.15) is 5.54 Å². The second-order valence-electron chi connectivity index (χ2n) is 10.4. The van der Waals surface area contributed by atoms with Crippen LogP contribution in [0.4, 0.5) is 22.4 Å². The van der Waals surface area contributed by atoms with Crippen LogP contribution in [-0.4, -0.2) is 63.6 Å². The zero-order chi connectivity index (χ0) is 28.4. The van der Waals surface area contributed by atoms with Crippen LogP contribution < -0.4 is 5.32 Å². The summed E-state index contributed by atoms with van der Waals surface area (Å²) in [5, 5.41) is 2.29. The van der Waals surface area contributed by atoms with Crippen molar-refractivity contribution in [2.45, 2.75) is 57.0 Å². The summed E-state index contributed by atoms with van der Waals surface area (Å²) in [6, 6.07) is 0.430. The molecule has 3 heterocycles. The van der Waals surface area contributed by atoms with E-state index in [1.807, 2.05) is 0 Å². The van der Waals surface area contributed by atoms with Gasteiger partial charge in [-0.2, -0.15) is 0 Å². The standard InChI is InChI=1S/C27H26F4N4O4/c1-4-35-12(2)16(21-22(30)17(28)8-18(29)23(21)31)6-13(24(35)37)7-20(36)15-5-14-9-27(10-19(14)32-11-15)25(38)33-26(39)34(27)3/h5,8,11-13,16H,4,6-7,9-10H2,1-3H3,(H,33,38,39)/t12-,13-,16-,27-/m1/s1. The van der Waals surface area contributed by atoms with Crippen molar-refractivity contribution in [2.24, 2.45) is 5.92 Å². The number of nitrogens with zero attached hydrogens (tertiary/aromatic N) is 3. The van der Waals surface area contributed by atoms with Crippen LogP contribution in [0.3, 0.4) is 0 Å². The Morgan fingerprint density at radius 2 is 1.77 bits per heavy atom. The predicted octanol–water partition coefficient (Wildman–Crippen LogP) is 3.27. The number of Topliss-reactive ketones (excluding diaryl/α,β-unsaturated/α-hetero) is 1. The summed E-state index contributed by atoms with van der Waals surface area (Å²) >= 11 is 0. The Hall–Kier alpha value is -3.83. The van der Waals surface area contributed by atoms with Gasteiger partial charge in [-0.1, -0.05) is 0 Å². The molecule has 2 aliphatic heterocycles. The van der Waals surface area contributed by atoms with Crippen LogP contribution in [0.15, 0.2) is 18.3 Å². The summed E-state index contributed by atoms with van der Waals surface area (Å²) < 4.78 is 57.4. The molecule has 0 unspecified atom stereocenters. The van der Waals surface area contributed by atoms with E-state index in [2.05, 4.69) is 10.3 Å². The summed E-state index contributed by atoms with van der Waals surface area (Å²) in [6.45, 7) is 3.38. The number of amides is 4. The number of likely N-dealkylation sites (tertiary alicyclic amines) is 1. The number of fused-ring (bicyclic) bond motifs is 1. The average Bonchev–Trinajstić information content (AvgIpc) is 3.38. The van der Waals surface area contributed by atoms with Crippen LogP contribution in [-0.2, 0) is 22.4 Å². The van der Waals surface area contributed by atoms with Crippen LogP contribution in [0.5, 0.6) is 0 Å². The van der Waals surface area contributed by atoms with E-state index in [4.69, 9.17) is 0 Å². The minimum Gasteiger partial charge on any atom is -0.339 e. The number of pyridine rings is 1. The second-order valence-corrected chi connectivity index (χ2v) is 10.4. The molecule has 0 saturated carbocycles. The number of imide groups is 1. The number of rotatable bonds is 5. The molecule has 2 saturated heterocycles. The number of carbonyl (C=O) groups is 4. The first-order valence-corrected chi connectivity index (χ1v) is 12.6. The molecule has 4 amide bonds. The molecule has 0 bridgehead atoms. The van der Waals surface area contributed by atoms with Crippen LogP contribution in [0.1, 0.15) is 59.8 Å². The lowest BCUT2D eigenvalue weighted by atomic mass is 9.76. The van der Waals surface area contributed by atoms with Crippen LogP contribution in [0, 0.1) is 29.2 Å². The van der Waals surface area contributed by atoms with E-state index < -0.39 is 75.9 Å². The molecule has 8 nitrogen and oxygen atoms in total. The van der Waals surface area contributed by atoms with E-state index in [9.17, 15) is 36.7 Å². The molecule has 1 aromatic heterocycles. The third kappa shape index (κ3) is 4.07. The highest BCUT2D eigenvalue weighted by Crippen LogP contribution is 2.41. The molecular formula is C27H26F4N4O4. The van der Waals surface area contributed by atoms with Gasteiger partial charge in [-0.15, -0.1) is 0 Å². The number of aromatic nitrogens is 1. The van der Waals surface area contributed by atoms with Gasteiger partial charge in [0.05, 0.1) is 0 Å². The number of hydrogen-bond acceptors (Lipinski definition) is 5. The smallest absolute Gasteiger partial charge is 0.324 e. The van der Waals surface area contributed by atoms with Gasteiger partial charge in [-0.3, -0.25) is 24.7 Å². The van der Waals surface area contributed by atoms with Crippen molar-refractivity contribution in [3.05, 3.63) is 64.0 Å². The van der Waals surface area contributed by atoms with Gasteiger partial charge < -0.3 is 9.80 Å². The van der Waals surface area contributed by atoms with E-state index in [-0.39, 0.29) is 43.9 Å². The number of urea groups is 1. The maximum absolute atomic E-state index is 14.7. The lowest BCUT2D eigenvalue weighted by Crippen LogP contribution is -2.51. The van der Waals surface area contributed by atoms with Crippen molar-refractivity contribution < 1.29 is 36.7 Å². The van der Waals surface area contributed by atoms with Gasteiger partial charge in [-0.05, 0) is 31.9 Å². The molecule has 2 aromatic rings. The fraction of sp³-hybridized carbons (Fsp3) is 0.444. The minimum atomic E-state index is -1.53. The Morgan fingerprint density at radius 3 is 2.36 bits per heavy atom. The molecule has 0 radical (unpaired) electrons. The molecule has 206 valence electrons. The number of piperidine rings is 1. The van der Waals surface area contributed by atoms with Crippen LogP contribution in [0.25, 0.3) is 0 Å². The molecule has 12 heteroatoms. The monoisotopic (exact) mass is 546 g/mol. The minimum absolute atomic E-state index is 0.138. The Labute approximate surface area is 221 Å². The first-order valence-electron chi connectivity index (χ1n) is 12.6. The van der Waals surface area contributed by atoms with Crippen molar-refractivity contribution >= 4 is 23.6 Å². The van der Waals surface area contributed by atoms with Crippen molar-refractivity contribution in [3.63, 3.8) is 0 Å². The summed E-state index contributed by atoms with van der Waals surface area (Å²) in [5.74, 6) is -9.48. The first-order chi connectivity index (χ1) is 18.4. The topological polar surface area (TPSA) is 99.7 Å². The lowest BCUT2D eigenvalue weighted by molar-refractivity contribution is -0.142. The Kier molecular flexibility index (Phi) is 6.47. The van der Waals surface area contributed by atoms with Crippen molar-refractivity contribution in [1.82, 2.24) is 20.1 Å². The third-order valence-electron chi connectivity index (χ3n) is 8.45. The third-order valence-corrected chi connectivity index (χ3v) is 8.45. The number of hydrogen-bond donors (Lipinski definition) is 1. The number of likely N-dealkylation sites (N-methyl/N-ethyl adjacent to an activating group) is 2. The maximum Gasteiger partial charge on any atom is 0.324 e. The second kappa shape index (κ2) is 9.42. The van der Waals surface area contributed by atoms with Crippen molar-refractivity contribution in [1.29, 1.82) is 0 Å². The SMILES string of the molecule is CCN1C(=O)[C@@H](CC(=O)c2cnc3c(c2)C[C@@]2(C3)C(=O)NC(=O)N2C)C[C@@H](c2c(F)c(F)cc(F)c2F)[C@H]1C. The van der Waals surface area contributed by atoms with Gasteiger partial charge in [-0.25, -0.2) is 22.4 Å². The molecule has 39 heavy (non-hydrogen) atoms. The average molecular weight is 547 g/mol. The zero-order valence-corrected chi connectivity index (χ0v) is 21.5. The molecule has 2 fully saturated rings. The molecule has 1 aromatic carbocycles. The van der Waals surface area contributed by atoms with Crippen LogP contribution >= 0.6 is 0 Å². The molecular weight excluding hydrogens is 520 g/mol. The summed E-state index contributed by atoms with van der Waals surface area (Å²) in [4.78, 5) is 58.0. The van der Waals surface area contributed by atoms with Gasteiger partial charge in [0.25, 0.3) is 5.91 Å². The fourth-order valence-electron chi connectivity index (χ4n) is 6.19. The van der Waals surface area contributed by atoms with E-state index >= 15 is 0 Å². The number of benzene rings is 1. The molecule has 1 aliphatic carbocycles. The van der Waals surface area contributed by atoms with Gasteiger partial charge in [0, 0.05) is 79.8 Å². The Balaban J connectivity index is 1.41. The Morgan fingerprint density at radius 1 is 1.10 bits per heavy atom. The number of halogens is 4. The first kappa shape index (κ1) is 26.8. The van der Waals surface area contributed by atoms with Crippen molar-refractivity contribution in [2.75, 3.05) is 13.6 Å². The molecule has 4 atom stereocenters. The van der Waals surface area contributed by atoms with Gasteiger partial charge in [0.15, 0.2) is 29.1 Å². The molecule has 3 aliphatic rings. The highest BCUT2D eigenvalue weighted by molar-refractivity contribution is 6.07. The largest absolute Gasteiger partial charge is 0.339 e. The molecule has 1 spiro atoms. The summed E-state index contributed by atoms with van der Waals surface area (Å²) in [5.41, 5.74) is -0.525. The van der Waals surface area contributed by atoms with E-state index in [1.165, 1.54) is 23.0 Å². The van der Waals surface area contributed by atoms with E-state index in [0.29, 0.717) is 11.3 Å². The van der Waals surface area contributed by atoms with Crippen molar-refractivity contribution in [3.8, 4) is 0 Å². The quantitative estimate of drug-likeness (QED) is 0.269. The molecule has 1 N–H and O–H groups in total. The number of carbonyl (C=O) groups excluding carboxylic acids is 4. The summed E-state index contributed by atoms with van der Waals surface area (Å²) in [6.07, 6.45) is 1.19. The lowest BCUT2D eigenvalue weighted by Gasteiger charge is -2.42. The maximum atomic E-state index is 14.7. The summed E-state index contributed by atoms with van der Waals surface area (Å²) in [7, 11) is 1.51. The number of nitrogens with one attached hydrogen (secondary N) is 1. The van der Waals surface area contributed by atoms with E-state index in [1.54, 1.807) is 19.9 Å². The molecule has 5 rings (SSSR count). The normalized spacial score (nSPS) is 26.4. The number of ketones is 1. The highest BCUT2D eigenvalue weighted by atomic mass is 19.2. The van der Waals surface area contributed by atoms with Gasteiger partial charge in [0.2, 0.25) is 5.91 Å². The van der Waals surface area contributed by atoms with Gasteiger partial charge >= 0.3 is 6.03 Å². The Bertz CT molecular complexity index is 1410. The van der Waals surface area contributed by atoms with E-state index in [0.717, 1.165) is 0 Å². The highest BCUT2D eigenvalue weighted by Gasteiger charge is 2.55. The zero-order valence-electron chi connectivity index (χ0n) is 21.5.